The molecular formula is C17H20N2. The topological polar surface area (TPSA) is 6.48 Å². The third-order valence-corrected chi connectivity index (χ3v) is 4.29. The van der Waals surface area contributed by atoms with E-state index in [0.717, 1.165) is 0 Å². The summed E-state index contributed by atoms with van der Waals surface area (Å²) in [7, 11) is 2.16. The molecule has 0 saturated carbocycles. The lowest BCUT2D eigenvalue weighted by Gasteiger charge is -2.29. The van der Waals surface area contributed by atoms with Crippen molar-refractivity contribution in [1.29, 1.82) is 0 Å². The van der Waals surface area contributed by atoms with Gasteiger partial charge in [0.1, 0.15) is 6.17 Å². The van der Waals surface area contributed by atoms with Crippen LogP contribution in [0.3, 0.4) is 0 Å². The molecule has 2 aromatic carbocycles. The van der Waals surface area contributed by atoms with Gasteiger partial charge in [0, 0.05) is 12.7 Å². The van der Waals surface area contributed by atoms with Gasteiger partial charge in [0.05, 0.1) is 11.4 Å². The number of fused-ring (bicyclic) bond motifs is 1. The van der Waals surface area contributed by atoms with Crippen LogP contribution in [0.5, 0.6) is 0 Å². The second kappa shape index (κ2) is 4.30. The van der Waals surface area contributed by atoms with Crippen LogP contribution in [0.25, 0.3) is 0 Å². The van der Waals surface area contributed by atoms with Crippen molar-refractivity contribution in [3.05, 3.63) is 53.6 Å². The average molecular weight is 252 g/mol. The van der Waals surface area contributed by atoms with Crippen LogP contribution in [0, 0.1) is 13.8 Å². The van der Waals surface area contributed by atoms with Crippen LogP contribution in [0.15, 0.2) is 42.5 Å². The van der Waals surface area contributed by atoms with E-state index in [1.165, 1.54) is 28.2 Å². The van der Waals surface area contributed by atoms with Gasteiger partial charge in [0.25, 0.3) is 0 Å². The monoisotopic (exact) mass is 252 g/mol. The molecule has 0 N–H and O–H groups in total. The molecule has 0 unspecified atom stereocenters. The van der Waals surface area contributed by atoms with Gasteiger partial charge in [-0.05, 0) is 50.1 Å². The predicted octanol–water partition coefficient (Wildman–Crippen LogP) is 4.24. The van der Waals surface area contributed by atoms with Crippen LogP contribution < -0.4 is 9.80 Å². The first-order chi connectivity index (χ1) is 9.11. The molecule has 0 aliphatic carbocycles. The van der Waals surface area contributed by atoms with Crippen molar-refractivity contribution in [2.45, 2.75) is 26.9 Å². The highest BCUT2D eigenvalue weighted by Crippen LogP contribution is 2.44. The van der Waals surface area contributed by atoms with Gasteiger partial charge in [-0.3, -0.25) is 0 Å². The maximum atomic E-state index is 2.43. The van der Waals surface area contributed by atoms with Crippen molar-refractivity contribution in [2.75, 3.05) is 16.8 Å². The predicted molar refractivity (Wildman–Crippen MR) is 82.4 cm³/mol. The molecule has 0 aromatic heterocycles. The molecule has 0 spiro atoms. The smallest absolute Gasteiger partial charge is 0.103 e. The quantitative estimate of drug-likeness (QED) is 0.749. The summed E-state index contributed by atoms with van der Waals surface area (Å²) in [5.41, 5.74) is 6.61. The summed E-state index contributed by atoms with van der Waals surface area (Å²) in [5.74, 6) is 0. The van der Waals surface area contributed by atoms with E-state index >= 15 is 0 Å². The molecule has 0 radical (unpaired) electrons. The van der Waals surface area contributed by atoms with Crippen molar-refractivity contribution in [3.8, 4) is 0 Å². The molecule has 0 fully saturated rings. The van der Waals surface area contributed by atoms with Crippen LogP contribution in [-0.2, 0) is 0 Å². The van der Waals surface area contributed by atoms with Crippen molar-refractivity contribution >= 4 is 17.1 Å². The first-order valence-corrected chi connectivity index (χ1v) is 6.78. The fourth-order valence-electron chi connectivity index (χ4n) is 2.87. The van der Waals surface area contributed by atoms with Gasteiger partial charge in [-0.2, -0.15) is 0 Å². The maximum absolute atomic E-state index is 2.43. The minimum atomic E-state index is 0.345. The molecular weight excluding hydrogens is 232 g/mol. The van der Waals surface area contributed by atoms with Crippen molar-refractivity contribution in [1.82, 2.24) is 0 Å². The van der Waals surface area contributed by atoms with E-state index in [1.54, 1.807) is 0 Å². The van der Waals surface area contributed by atoms with Gasteiger partial charge in [-0.1, -0.05) is 24.3 Å². The summed E-state index contributed by atoms with van der Waals surface area (Å²) >= 11 is 0. The summed E-state index contributed by atoms with van der Waals surface area (Å²) in [6.07, 6.45) is 0.345. The number of nitrogens with zero attached hydrogens (tertiary/aromatic N) is 2. The molecule has 98 valence electrons. The number of hydrogen-bond acceptors (Lipinski definition) is 2. The number of hydrogen-bond donors (Lipinski definition) is 0. The molecule has 2 heteroatoms. The third kappa shape index (κ3) is 1.71. The maximum Gasteiger partial charge on any atom is 0.103 e. The fraction of sp³-hybridized carbons (Fsp3) is 0.294. The van der Waals surface area contributed by atoms with E-state index in [0.29, 0.717) is 6.17 Å². The highest BCUT2D eigenvalue weighted by Gasteiger charge is 2.31. The first kappa shape index (κ1) is 12.1. The number of benzene rings is 2. The van der Waals surface area contributed by atoms with Crippen LogP contribution in [0.1, 0.15) is 18.1 Å². The molecule has 1 aliphatic rings. The van der Waals surface area contributed by atoms with Crippen LogP contribution in [-0.4, -0.2) is 13.2 Å². The Bertz CT molecular complexity index is 618. The Morgan fingerprint density at radius 2 is 1.47 bits per heavy atom. The Morgan fingerprint density at radius 3 is 2.21 bits per heavy atom. The number of rotatable bonds is 1. The molecule has 1 atom stereocenters. The van der Waals surface area contributed by atoms with Crippen molar-refractivity contribution in [2.24, 2.45) is 0 Å². The zero-order valence-electron chi connectivity index (χ0n) is 12.0. The fourth-order valence-corrected chi connectivity index (χ4v) is 2.87. The number of para-hydroxylation sites is 2. The van der Waals surface area contributed by atoms with E-state index in [-0.39, 0.29) is 0 Å². The van der Waals surface area contributed by atoms with E-state index in [4.69, 9.17) is 0 Å². The van der Waals surface area contributed by atoms with Gasteiger partial charge in [0.15, 0.2) is 0 Å². The van der Waals surface area contributed by atoms with Crippen LogP contribution >= 0.6 is 0 Å². The Kier molecular flexibility index (Phi) is 2.74. The molecule has 3 rings (SSSR count). The van der Waals surface area contributed by atoms with Gasteiger partial charge in [-0.15, -0.1) is 0 Å². The zero-order valence-corrected chi connectivity index (χ0v) is 12.0. The highest BCUT2D eigenvalue weighted by molar-refractivity contribution is 5.84. The largest absolute Gasteiger partial charge is 0.353 e. The summed E-state index contributed by atoms with van der Waals surface area (Å²) in [6.45, 7) is 6.63. The normalized spacial score (nSPS) is 17.8. The summed E-state index contributed by atoms with van der Waals surface area (Å²) in [5, 5.41) is 0. The molecule has 2 aromatic rings. The Balaban J connectivity index is 2.18. The van der Waals surface area contributed by atoms with Gasteiger partial charge in [-0.25, -0.2) is 0 Å². The van der Waals surface area contributed by atoms with E-state index in [2.05, 4.69) is 80.1 Å². The second-order valence-corrected chi connectivity index (χ2v) is 5.32. The van der Waals surface area contributed by atoms with Crippen molar-refractivity contribution < 1.29 is 0 Å². The van der Waals surface area contributed by atoms with Crippen LogP contribution in [0.4, 0.5) is 17.1 Å². The van der Waals surface area contributed by atoms with Crippen molar-refractivity contribution in [3.63, 3.8) is 0 Å². The molecule has 1 aliphatic heterocycles. The van der Waals surface area contributed by atoms with E-state index < -0.39 is 0 Å². The Hall–Kier alpha value is -1.96. The van der Waals surface area contributed by atoms with Crippen LogP contribution in [0.2, 0.25) is 0 Å². The summed E-state index contributed by atoms with van der Waals surface area (Å²) in [6, 6.07) is 15.2. The zero-order chi connectivity index (χ0) is 13.6. The molecule has 0 bridgehead atoms. The standard InChI is InChI=1S/C17H20N2/c1-12-8-7-11-15(13(12)2)19-14(3)18(4)16-9-5-6-10-17(16)19/h5-11,14H,1-4H3/t14-/m0/s1. The summed E-state index contributed by atoms with van der Waals surface area (Å²) < 4.78 is 0. The third-order valence-electron chi connectivity index (χ3n) is 4.29. The first-order valence-electron chi connectivity index (χ1n) is 6.78. The number of aryl methyl sites for hydroxylation is 1. The van der Waals surface area contributed by atoms with E-state index in [9.17, 15) is 0 Å². The molecule has 0 amide bonds. The van der Waals surface area contributed by atoms with Gasteiger partial charge in [0.2, 0.25) is 0 Å². The minimum Gasteiger partial charge on any atom is -0.353 e. The highest BCUT2D eigenvalue weighted by atomic mass is 15.4. The van der Waals surface area contributed by atoms with Gasteiger partial charge < -0.3 is 9.80 Å². The lowest BCUT2D eigenvalue weighted by molar-refractivity contribution is 0.732. The summed E-state index contributed by atoms with van der Waals surface area (Å²) in [4.78, 5) is 4.76. The number of anilines is 3. The van der Waals surface area contributed by atoms with E-state index in [1.807, 2.05) is 0 Å². The second-order valence-electron chi connectivity index (χ2n) is 5.32. The molecule has 2 nitrogen and oxygen atoms in total. The average Bonchev–Trinajstić information content (AvgIpc) is 2.67. The lowest BCUT2D eigenvalue weighted by atomic mass is 10.1. The molecule has 19 heavy (non-hydrogen) atoms. The molecule has 0 saturated heterocycles. The van der Waals surface area contributed by atoms with Gasteiger partial charge >= 0.3 is 0 Å². The minimum absolute atomic E-state index is 0.345. The lowest BCUT2D eigenvalue weighted by Crippen LogP contribution is -2.35. The Morgan fingerprint density at radius 1 is 0.842 bits per heavy atom. The molecule has 1 heterocycles. The Labute approximate surface area is 115 Å². The SMILES string of the molecule is Cc1cccc(N2c3ccccc3N(C)[C@@H]2C)c1C.